The fourth-order valence-electron chi connectivity index (χ4n) is 1.06. The van der Waals surface area contributed by atoms with Crippen LogP contribution in [0.25, 0.3) is 0 Å². The van der Waals surface area contributed by atoms with Gasteiger partial charge in [-0.1, -0.05) is 38.9 Å². The number of hydrogen-bond donors (Lipinski definition) is 0. The molecule has 0 N–H and O–H groups in total. The number of hydrogen-bond acceptors (Lipinski definition) is 4. The number of rotatable bonds is 3. The van der Waals surface area contributed by atoms with Crippen molar-refractivity contribution in [2.75, 3.05) is 0 Å². The van der Waals surface area contributed by atoms with Crippen molar-refractivity contribution in [2.24, 2.45) is 0 Å². The summed E-state index contributed by atoms with van der Waals surface area (Å²) in [4.78, 5) is 14.9. The van der Waals surface area contributed by atoms with E-state index in [0.29, 0.717) is 22.1 Å². The Morgan fingerprint density at radius 2 is 2.18 bits per heavy atom. The van der Waals surface area contributed by atoms with Gasteiger partial charge in [-0.05, 0) is 34.1 Å². The molecule has 3 nitrogen and oxygen atoms in total. The molecule has 1 aromatic carbocycles. The average molecular weight is 397 g/mol. The summed E-state index contributed by atoms with van der Waals surface area (Å²) in [7, 11) is 0. The van der Waals surface area contributed by atoms with Crippen molar-refractivity contribution in [3.8, 4) is 10.9 Å². The van der Waals surface area contributed by atoms with Gasteiger partial charge >= 0.3 is 0 Å². The monoisotopic (exact) mass is 395 g/mol. The summed E-state index contributed by atoms with van der Waals surface area (Å²) in [6, 6.07) is 5.48. The molecule has 0 saturated carbocycles. The summed E-state index contributed by atoms with van der Waals surface area (Å²) in [6.45, 7) is 0. The van der Waals surface area contributed by atoms with Gasteiger partial charge in [0.15, 0.2) is 11.4 Å². The Hall–Kier alpha value is -0.430. The standard InChI is InChI=1S/C10H4Br2ClNO2S/c11-5-1-2-7(6(12)3-5)16-10-14-9(13)8(4-15)17-10/h1-4H. The molecule has 0 amide bonds. The highest BCUT2D eigenvalue weighted by molar-refractivity contribution is 9.11. The maximum absolute atomic E-state index is 10.6. The molecule has 2 rings (SSSR count). The van der Waals surface area contributed by atoms with Gasteiger partial charge in [-0.2, -0.15) is 4.98 Å². The number of halogens is 3. The molecule has 7 heteroatoms. The fourth-order valence-corrected chi connectivity index (χ4v) is 3.11. The number of thiazole rings is 1. The van der Waals surface area contributed by atoms with Gasteiger partial charge in [-0.25, -0.2) is 0 Å². The van der Waals surface area contributed by atoms with Crippen LogP contribution in [0, 0.1) is 0 Å². The van der Waals surface area contributed by atoms with Crippen LogP contribution in [0.4, 0.5) is 0 Å². The molecular weight excluding hydrogens is 393 g/mol. The Bertz CT molecular complexity index is 573. The molecule has 17 heavy (non-hydrogen) atoms. The Balaban J connectivity index is 2.28. The number of benzene rings is 1. The minimum absolute atomic E-state index is 0.160. The highest BCUT2D eigenvalue weighted by Crippen LogP contribution is 2.35. The Morgan fingerprint density at radius 3 is 2.76 bits per heavy atom. The number of aldehydes is 1. The van der Waals surface area contributed by atoms with Gasteiger partial charge in [0.05, 0.1) is 4.47 Å². The smallest absolute Gasteiger partial charge is 0.280 e. The van der Waals surface area contributed by atoms with Gasteiger partial charge in [-0.15, -0.1) is 0 Å². The van der Waals surface area contributed by atoms with Crippen molar-refractivity contribution in [2.45, 2.75) is 0 Å². The van der Waals surface area contributed by atoms with E-state index in [1.807, 2.05) is 12.1 Å². The van der Waals surface area contributed by atoms with Gasteiger partial charge in [0.25, 0.3) is 5.19 Å². The van der Waals surface area contributed by atoms with Gasteiger partial charge in [0.2, 0.25) is 0 Å². The van der Waals surface area contributed by atoms with Crippen LogP contribution in [0.15, 0.2) is 27.1 Å². The molecule has 0 saturated heterocycles. The molecule has 0 aliphatic rings. The molecule has 2 aromatic rings. The van der Waals surface area contributed by atoms with Crippen LogP contribution in [0.5, 0.6) is 10.9 Å². The first-order chi connectivity index (χ1) is 8.10. The zero-order valence-electron chi connectivity index (χ0n) is 8.12. The lowest BCUT2D eigenvalue weighted by Gasteiger charge is -2.04. The average Bonchev–Trinajstić information content (AvgIpc) is 2.63. The molecule has 1 aromatic heterocycles. The third-order valence-electron chi connectivity index (χ3n) is 1.79. The van der Waals surface area contributed by atoms with Crippen molar-refractivity contribution in [1.82, 2.24) is 4.98 Å². The van der Waals surface area contributed by atoms with E-state index in [-0.39, 0.29) is 5.15 Å². The van der Waals surface area contributed by atoms with Gasteiger partial charge < -0.3 is 4.74 Å². The second-order valence-electron chi connectivity index (χ2n) is 2.93. The third kappa shape index (κ3) is 3.07. The number of ether oxygens (including phenoxy) is 1. The zero-order valence-corrected chi connectivity index (χ0v) is 12.9. The summed E-state index contributed by atoms with van der Waals surface area (Å²) < 4.78 is 7.24. The van der Waals surface area contributed by atoms with E-state index in [1.165, 1.54) is 0 Å². The van der Waals surface area contributed by atoms with Crippen LogP contribution in [0.1, 0.15) is 9.67 Å². The molecule has 1 heterocycles. The molecule has 0 spiro atoms. The van der Waals surface area contributed by atoms with Crippen LogP contribution < -0.4 is 4.74 Å². The molecule has 0 radical (unpaired) electrons. The van der Waals surface area contributed by atoms with Gasteiger partial charge in [0, 0.05) is 4.47 Å². The molecule has 0 aliphatic heterocycles. The first kappa shape index (κ1) is 13.0. The van der Waals surface area contributed by atoms with Crippen molar-refractivity contribution in [3.05, 3.63) is 37.2 Å². The number of carbonyl (C=O) groups excluding carboxylic acids is 1. The van der Waals surface area contributed by atoms with E-state index in [2.05, 4.69) is 36.8 Å². The predicted molar refractivity (Wildman–Crippen MR) is 74.4 cm³/mol. The Kier molecular flexibility index (Phi) is 4.19. The zero-order chi connectivity index (χ0) is 12.4. The van der Waals surface area contributed by atoms with E-state index in [9.17, 15) is 4.79 Å². The predicted octanol–water partition coefficient (Wildman–Crippen LogP) is 4.93. The van der Waals surface area contributed by atoms with E-state index >= 15 is 0 Å². The lowest BCUT2D eigenvalue weighted by Crippen LogP contribution is -1.84. The molecular formula is C10H4Br2ClNO2S. The largest absolute Gasteiger partial charge is 0.430 e. The minimum Gasteiger partial charge on any atom is -0.430 e. The van der Waals surface area contributed by atoms with Crippen LogP contribution >= 0.6 is 54.8 Å². The number of nitrogens with zero attached hydrogens (tertiary/aromatic N) is 1. The van der Waals surface area contributed by atoms with Gasteiger partial charge in [-0.3, -0.25) is 4.79 Å². The SMILES string of the molecule is O=Cc1sc(Oc2ccc(Br)cc2Br)nc1Cl. The highest BCUT2D eigenvalue weighted by atomic mass is 79.9. The maximum atomic E-state index is 10.6. The van der Waals surface area contributed by atoms with E-state index < -0.39 is 0 Å². The van der Waals surface area contributed by atoms with Crippen molar-refractivity contribution < 1.29 is 9.53 Å². The topological polar surface area (TPSA) is 39.2 Å². The van der Waals surface area contributed by atoms with E-state index in [0.717, 1.165) is 20.3 Å². The second-order valence-corrected chi connectivity index (χ2v) is 6.05. The van der Waals surface area contributed by atoms with Crippen molar-refractivity contribution in [3.63, 3.8) is 0 Å². The summed E-state index contributed by atoms with van der Waals surface area (Å²) in [5.74, 6) is 0.607. The second kappa shape index (κ2) is 5.48. The summed E-state index contributed by atoms with van der Waals surface area (Å²) in [5.41, 5.74) is 0. The lowest BCUT2D eigenvalue weighted by atomic mass is 10.3. The molecule has 0 atom stereocenters. The number of aromatic nitrogens is 1. The summed E-state index contributed by atoms with van der Waals surface area (Å²) in [5, 5.41) is 0.494. The summed E-state index contributed by atoms with van der Waals surface area (Å²) >= 11 is 13.6. The van der Waals surface area contributed by atoms with Crippen LogP contribution in [-0.4, -0.2) is 11.3 Å². The van der Waals surface area contributed by atoms with Crippen LogP contribution in [0.2, 0.25) is 5.15 Å². The lowest BCUT2D eigenvalue weighted by molar-refractivity contribution is 0.112. The first-order valence-corrected chi connectivity index (χ1v) is 7.12. The van der Waals surface area contributed by atoms with Gasteiger partial charge in [0.1, 0.15) is 10.6 Å². The summed E-state index contributed by atoms with van der Waals surface area (Å²) in [6.07, 6.45) is 0.656. The quantitative estimate of drug-likeness (QED) is 0.690. The van der Waals surface area contributed by atoms with E-state index in [1.54, 1.807) is 6.07 Å². The van der Waals surface area contributed by atoms with Crippen molar-refractivity contribution in [1.29, 1.82) is 0 Å². The molecule has 0 bridgehead atoms. The molecule has 88 valence electrons. The Labute approximate surface area is 123 Å². The van der Waals surface area contributed by atoms with Crippen LogP contribution in [0.3, 0.4) is 0 Å². The van der Waals surface area contributed by atoms with Crippen LogP contribution in [-0.2, 0) is 0 Å². The highest BCUT2D eigenvalue weighted by Gasteiger charge is 2.11. The fraction of sp³-hybridized carbons (Fsp3) is 0. The molecule has 0 aliphatic carbocycles. The van der Waals surface area contributed by atoms with Crippen molar-refractivity contribution >= 4 is 61.1 Å². The molecule has 0 fully saturated rings. The third-order valence-corrected chi connectivity index (χ3v) is 4.16. The normalized spacial score (nSPS) is 10.3. The maximum Gasteiger partial charge on any atom is 0.280 e. The number of carbonyl (C=O) groups is 1. The Morgan fingerprint density at radius 1 is 1.41 bits per heavy atom. The minimum atomic E-state index is 0.160. The molecule has 0 unspecified atom stereocenters. The first-order valence-electron chi connectivity index (χ1n) is 4.34. The van der Waals surface area contributed by atoms with E-state index in [4.69, 9.17) is 16.3 Å².